The summed E-state index contributed by atoms with van der Waals surface area (Å²) in [6.07, 6.45) is 0. The van der Waals surface area contributed by atoms with E-state index in [9.17, 15) is 9.50 Å². The van der Waals surface area contributed by atoms with Crippen LogP contribution in [0.4, 0.5) is 4.39 Å². The van der Waals surface area contributed by atoms with Gasteiger partial charge in [0.05, 0.1) is 6.61 Å². The Morgan fingerprint density at radius 3 is 2.43 bits per heavy atom. The Labute approximate surface area is 83.0 Å². The van der Waals surface area contributed by atoms with E-state index in [0.29, 0.717) is 11.1 Å². The van der Waals surface area contributed by atoms with E-state index in [1.54, 1.807) is 20.8 Å². The molecule has 0 radical (unpaired) electrons. The molecule has 0 fully saturated rings. The third-order valence-electron chi connectivity index (χ3n) is 2.45. The highest BCUT2D eigenvalue weighted by Crippen LogP contribution is 2.34. The highest BCUT2D eigenvalue weighted by atomic mass is 19.1. The van der Waals surface area contributed by atoms with Crippen molar-refractivity contribution in [2.75, 3.05) is 6.61 Å². The number of phenols is 1. The molecule has 0 unspecified atom stereocenters. The van der Waals surface area contributed by atoms with E-state index in [4.69, 9.17) is 5.11 Å². The SMILES string of the molecule is Cc1c(F)ccc(O)c1C(C)(C)CO. The van der Waals surface area contributed by atoms with Gasteiger partial charge in [0.25, 0.3) is 0 Å². The molecule has 0 aliphatic carbocycles. The van der Waals surface area contributed by atoms with Crippen molar-refractivity contribution in [1.29, 1.82) is 0 Å². The molecule has 1 rings (SSSR count). The fourth-order valence-electron chi connectivity index (χ4n) is 1.61. The molecule has 0 saturated carbocycles. The fourth-order valence-corrected chi connectivity index (χ4v) is 1.61. The summed E-state index contributed by atoms with van der Waals surface area (Å²) in [6, 6.07) is 2.54. The lowest BCUT2D eigenvalue weighted by Crippen LogP contribution is -2.23. The predicted octanol–water partition coefficient (Wildman–Crippen LogP) is 2.11. The molecular formula is C11H15FO2. The third-order valence-corrected chi connectivity index (χ3v) is 2.45. The minimum Gasteiger partial charge on any atom is -0.508 e. The van der Waals surface area contributed by atoms with Gasteiger partial charge in [0, 0.05) is 11.0 Å². The number of halogens is 1. The number of hydrogen-bond donors (Lipinski definition) is 2. The summed E-state index contributed by atoms with van der Waals surface area (Å²) in [7, 11) is 0. The maximum absolute atomic E-state index is 13.2. The number of phenolic OH excluding ortho intramolecular Hbond substituents is 1. The highest BCUT2D eigenvalue weighted by molar-refractivity contribution is 5.44. The number of aliphatic hydroxyl groups is 1. The van der Waals surface area contributed by atoms with Crippen molar-refractivity contribution in [3.8, 4) is 5.75 Å². The molecule has 0 atom stereocenters. The molecule has 0 aliphatic heterocycles. The third kappa shape index (κ3) is 1.73. The van der Waals surface area contributed by atoms with Crippen molar-refractivity contribution in [3.05, 3.63) is 29.1 Å². The van der Waals surface area contributed by atoms with Crippen LogP contribution in [-0.4, -0.2) is 16.8 Å². The molecule has 0 heterocycles. The van der Waals surface area contributed by atoms with Crippen molar-refractivity contribution in [3.63, 3.8) is 0 Å². The summed E-state index contributed by atoms with van der Waals surface area (Å²) in [6.45, 7) is 4.98. The maximum Gasteiger partial charge on any atom is 0.126 e. The smallest absolute Gasteiger partial charge is 0.126 e. The highest BCUT2D eigenvalue weighted by Gasteiger charge is 2.26. The molecule has 0 bridgehead atoms. The average molecular weight is 198 g/mol. The average Bonchev–Trinajstić information content (AvgIpc) is 2.12. The lowest BCUT2D eigenvalue weighted by Gasteiger charge is -2.25. The first-order valence-corrected chi connectivity index (χ1v) is 4.49. The largest absolute Gasteiger partial charge is 0.508 e. The molecule has 78 valence electrons. The van der Waals surface area contributed by atoms with E-state index in [1.807, 2.05) is 0 Å². The lowest BCUT2D eigenvalue weighted by atomic mass is 9.82. The number of rotatable bonds is 2. The van der Waals surface area contributed by atoms with Gasteiger partial charge < -0.3 is 10.2 Å². The second-order valence-corrected chi connectivity index (χ2v) is 4.11. The normalized spacial score (nSPS) is 11.8. The zero-order chi connectivity index (χ0) is 10.9. The van der Waals surface area contributed by atoms with Crippen molar-refractivity contribution < 1.29 is 14.6 Å². The van der Waals surface area contributed by atoms with Gasteiger partial charge in [0.1, 0.15) is 11.6 Å². The molecule has 14 heavy (non-hydrogen) atoms. The summed E-state index contributed by atoms with van der Waals surface area (Å²) in [5.41, 5.74) is 0.236. The quantitative estimate of drug-likeness (QED) is 0.764. The summed E-state index contributed by atoms with van der Waals surface area (Å²) in [5, 5.41) is 18.8. The number of benzene rings is 1. The maximum atomic E-state index is 13.2. The lowest BCUT2D eigenvalue weighted by molar-refractivity contribution is 0.214. The van der Waals surface area contributed by atoms with Gasteiger partial charge >= 0.3 is 0 Å². The molecular weight excluding hydrogens is 183 g/mol. The zero-order valence-electron chi connectivity index (χ0n) is 8.63. The molecule has 0 aromatic heterocycles. The van der Waals surface area contributed by atoms with Crippen LogP contribution in [0.1, 0.15) is 25.0 Å². The van der Waals surface area contributed by atoms with E-state index in [2.05, 4.69) is 0 Å². The summed E-state index contributed by atoms with van der Waals surface area (Å²) in [4.78, 5) is 0. The van der Waals surface area contributed by atoms with Gasteiger partial charge in [-0.1, -0.05) is 13.8 Å². The summed E-state index contributed by atoms with van der Waals surface area (Å²) < 4.78 is 13.2. The van der Waals surface area contributed by atoms with E-state index < -0.39 is 5.41 Å². The van der Waals surface area contributed by atoms with Gasteiger partial charge in [-0.05, 0) is 24.6 Å². The van der Waals surface area contributed by atoms with Gasteiger partial charge in [-0.25, -0.2) is 4.39 Å². The minimum absolute atomic E-state index is 0.0305. The van der Waals surface area contributed by atoms with Crippen LogP contribution in [0, 0.1) is 12.7 Å². The first kappa shape index (κ1) is 11.0. The number of hydrogen-bond acceptors (Lipinski definition) is 2. The standard InChI is InChI=1S/C11H15FO2/c1-7-8(12)4-5-9(14)10(7)11(2,3)6-13/h4-5,13-14H,6H2,1-3H3. The first-order chi connectivity index (χ1) is 6.40. The van der Waals surface area contributed by atoms with E-state index >= 15 is 0 Å². The Morgan fingerprint density at radius 2 is 1.93 bits per heavy atom. The van der Waals surface area contributed by atoms with Crippen LogP contribution < -0.4 is 0 Å². The van der Waals surface area contributed by atoms with Gasteiger partial charge in [-0.2, -0.15) is 0 Å². The first-order valence-electron chi connectivity index (χ1n) is 4.49. The Balaban J connectivity index is 3.40. The van der Waals surface area contributed by atoms with Crippen molar-refractivity contribution in [1.82, 2.24) is 0 Å². The molecule has 0 aliphatic rings. The van der Waals surface area contributed by atoms with Gasteiger partial charge in [0.15, 0.2) is 0 Å². The Morgan fingerprint density at radius 1 is 1.36 bits per heavy atom. The van der Waals surface area contributed by atoms with Gasteiger partial charge in [0.2, 0.25) is 0 Å². The van der Waals surface area contributed by atoms with Crippen LogP contribution in [0.5, 0.6) is 5.75 Å². The number of aliphatic hydroxyl groups excluding tert-OH is 1. The van der Waals surface area contributed by atoms with Crippen molar-refractivity contribution in [2.24, 2.45) is 0 Å². The molecule has 0 spiro atoms. The van der Waals surface area contributed by atoms with E-state index in [0.717, 1.165) is 0 Å². The van der Waals surface area contributed by atoms with Crippen LogP contribution in [0.15, 0.2) is 12.1 Å². The molecule has 1 aromatic carbocycles. The second-order valence-electron chi connectivity index (χ2n) is 4.11. The fraction of sp³-hybridized carbons (Fsp3) is 0.455. The Kier molecular flexibility index (Phi) is 2.81. The topological polar surface area (TPSA) is 40.5 Å². The molecule has 0 saturated heterocycles. The predicted molar refractivity (Wildman–Crippen MR) is 52.9 cm³/mol. The molecule has 3 heteroatoms. The van der Waals surface area contributed by atoms with E-state index in [1.165, 1.54) is 12.1 Å². The van der Waals surface area contributed by atoms with Crippen LogP contribution in [0.25, 0.3) is 0 Å². The van der Waals surface area contributed by atoms with Crippen molar-refractivity contribution >= 4 is 0 Å². The Bertz CT molecular complexity index is 345. The van der Waals surface area contributed by atoms with Crippen LogP contribution >= 0.6 is 0 Å². The molecule has 2 N–H and O–H groups in total. The van der Waals surface area contributed by atoms with Gasteiger partial charge in [-0.3, -0.25) is 0 Å². The van der Waals surface area contributed by atoms with E-state index in [-0.39, 0.29) is 18.2 Å². The monoisotopic (exact) mass is 198 g/mol. The number of aromatic hydroxyl groups is 1. The second kappa shape index (κ2) is 3.58. The minimum atomic E-state index is -0.629. The molecule has 0 amide bonds. The molecule has 1 aromatic rings. The summed E-state index contributed by atoms with van der Waals surface area (Å²) in [5.74, 6) is -0.331. The Hall–Kier alpha value is -1.09. The van der Waals surface area contributed by atoms with Crippen molar-refractivity contribution in [2.45, 2.75) is 26.2 Å². The molecule has 2 nitrogen and oxygen atoms in total. The van der Waals surface area contributed by atoms with Crippen LogP contribution in [0.2, 0.25) is 0 Å². The summed E-state index contributed by atoms with van der Waals surface area (Å²) >= 11 is 0. The van der Waals surface area contributed by atoms with Crippen LogP contribution in [-0.2, 0) is 5.41 Å². The van der Waals surface area contributed by atoms with Crippen LogP contribution in [0.3, 0.4) is 0 Å². The van der Waals surface area contributed by atoms with Gasteiger partial charge in [-0.15, -0.1) is 0 Å². The zero-order valence-corrected chi connectivity index (χ0v) is 8.63.